The molecule has 7 heteroatoms. The van der Waals surface area contributed by atoms with Gasteiger partial charge in [0, 0.05) is 23.5 Å². The molecule has 2 saturated carbocycles. The Morgan fingerprint density at radius 3 is 2.22 bits per heavy atom. The van der Waals surface area contributed by atoms with Crippen molar-refractivity contribution >= 4 is 34.5 Å². The van der Waals surface area contributed by atoms with Gasteiger partial charge in [0.25, 0.3) is 0 Å². The van der Waals surface area contributed by atoms with E-state index in [4.69, 9.17) is 0 Å². The minimum atomic E-state index is -0.902. The molecule has 0 spiro atoms. The molecule has 0 saturated heterocycles. The highest BCUT2D eigenvalue weighted by atomic mass is 32.2. The van der Waals surface area contributed by atoms with Crippen molar-refractivity contribution in [3.05, 3.63) is 0 Å². The molecule has 2 aliphatic rings. The van der Waals surface area contributed by atoms with E-state index in [1.807, 2.05) is 0 Å². The Labute approximate surface area is 165 Å². The van der Waals surface area contributed by atoms with E-state index < -0.39 is 23.8 Å². The lowest BCUT2D eigenvalue weighted by Gasteiger charge is -2.23. The summed E-state index contributed by atoms with van der Waals surface area (Å²) in [5.74, 6) is -2.06. The molecule has 0 bridgehead atoms. The largest absolute Gasteiger partial charge is 0.481 e. The number of amides is 1. The van der Waals surface area contributed by atoms with Gasteiger partial charge in [-0.1, -0.05) is 44.4 Å². The van der Waals surface area contributed by atoms with Crippen molar-refractivity contribution in [1.29, 1.82) is 0 Å². The number of rotatable bonds is 8. The van der Waals surface area contributed by atoms with Crippen LogP contribution in [-0.4, -0.2) is 39.7 Å². The van der Waals surface area contributed by atoms with E-state index in [0.717, 1.165) is 43.9 Å². The van der Waals surface area contributed by atoms with Gasteiger partial charge >= 0.3 is 5.97 Å². The molecule has 4 atom stereocenters. The van der Waals surface area contributed by atoms with Crippen molar-refractivity contribution in [2.75, 3.05) is 5.75 Å². The molecule has 2 aliphatic carbocycles. The third kappa shape index (κ3) is 6.06. The van der Waals surface area contributed by atoms with E-state index in [0.29, 0.717) is 18.6 Å². The minimum Gasteiger partial charge on any atom is -0.481 e. The summed E-state index contributed by atoms with van der Waals surface area (Å²) in [4.78, 5) is 48.4. The minimum absolute atomic E-state index is 0.00909. The first-order valence-corrected chi connectivity index (χ1v) is 11.0. The van der Waals surface area contributed by atoms with E-state index in [2.05, 4.69) is 5.32 Å². The Morgan fingerprint density at radius 1 is 0.963 bits per heavy atom. The first-order chi connectivity index (χ1) is 12.8. The highest BCUT2D eigenvalue weighted by Crippen LogP contribution is 2.35. The maximum atomic E-state index is 12.6. The maximum absolute atomic E-state index is 12.6. The first kappa shape index (κ1) is 21.9. The Morgan fingerprint density at radius 2 is 1.59 bits per heavy atom. The van der Waals surface area contributed by atoms with Gasteiger partial charge in [-0.2, -0.15) is 0 Å². The molecule has 0 heterocycles. The van der Waals surface area contributed by atoms with Gasteiger partial charge in [0.1, 0.15) is 5.78 Å². The van der Waals surface area contributed by atoms with Crippen LogP contribution in [0.5, 0.6) is 0 Å². The number of carboxylic acid groups (broad SMARTS) is 1. The Kier molecular flexibility index (Phi) is 8.32. The summed E-state index contributed by atoms with van der Waals surface area (Å²) in [5, 5.41) is 11.9. The lowest BCUT2D eigenvalue weighted by atomic mass is 9.87. The monoisotopic (exact) mass is 397 g/mol. The zero-order chi connectivity index (χ0) is 20.0. The number of carbonyl (C=O) groups is 4. The molecule has 152 valence electrons. The predicted molar refractivity (Wildman–Crippen MR) is 104 cm³/mol. The number of ketones is 1. The quantitative estimate of drug-likeness (QED) is 0.653. The van der Waals surface area contributed by atoms with Gasteiger partial charge in [0.2, 0.25) is 11.0 Å². The van der Waals surface area contributed by atoms with Crippen molar-refractivity contribution in [3.8, 4) is 0 Å². The highest BCUT2D eigenvalue weighted by Gasteiger charge is 2.39. The van der Waals surface area contributed by atoms with Crippen LogP contribution in [0.4, 0.5) is 0 Å². The molecule has 1 unspecified atom stereocenters. The Bertz CT molecular complexity index is 573. The number of carbonyl (C=O) groups excluding carboxylic acids is 3. The molecule has 1 amide bonds. The fourth-order valence-electron chi connectivity index (χ4n) is 4.13. The second-order valence-corrected chi connectivity index (χ2v) is 9.01. The third-order valence-corrected chi connectivity index (χ3v) is 7.15. The van der Waals surface area contributed by atoms with Crippen LogP contribution >= 0.6 is 11.8 Å². The topological polar surface area (TPSA) is 101 Å². The molecule has 0 aliphatic heterocycles. The van der Waals surface area contributed by atoms with E-state index in [1.165, 1.54) is 6.42 Å². The Hall–Kier alpha value is -1.37. The lowest BCUT2D eigenvalue weighted by molar-refractivity contribution is -0.146. The van der Waals surface area contributed by atoms with Crippen LogP contribution in [0.3, 0.4) is 0 Å². The van der Waals surface area contributed by atoms with E-state index in [9.17, 15) is 24.3 Å². The third-order valence-electron chi connectivity index (χ3n) is 5.85. The van der Waals surface area contributed by atoms with Crippen LogP contribution in [0.25, 0.3) is 0 Å². The second-order valence-electron chi connectivity index (χ2n) is 7.98. The molecule has 0 radical (unpaired) electrons. The van der Waals surface area contributed by atoms with Crippen LogP contribution < -0.4 is 5.32 Å². The van der Waals surface area contributed by atoms with Gasteiger partial charge in [0.05, 0.1) is 12.0 Å². The Balaban J connectivity index is 1.77. The van der Waals surface area contributed by atoms with Crippen LogP contribution in [0, 0.1) is 23.7 Å². The van der Waals surface area contributed by atoms with Crippen LogP contribution in [0.15, 0.2) is 0 Å². The van der Waals surface area contributed by atoms with E-state index >= 15 is 0 Å². The number of nitrogens with one attached hydrogen (secondary N) is 1. The van der Waals surface area contributed by atoms with E-state index in [1.54, 1.807) is 13.8 Å². The van der Waals surface area contributed by atoms with Gasteiger partial charge in [0.15, 0.2) is 0 Å². The summed E-state index contributed by atoms with van der Waals surface area (Å²) in [6.45, 7) is 3.44. The van der Waals surface area contributed by atoms with E-state index in [-0.39, 0.29) is 28.6 Å². The average molecular weight is 398 g/mol. The average Bonchev–Trinajstić information content (AvgIpc) is 3.15. The van der Waals surface area contributed by atoms with Crippen molar-refractivity contribution < 1.29 is 24.3 Å². The van der Waals surface area contributed by atoms with Gasteiger partial charge in [-0.3, -0.25) is 19.2 Å². The summed E-state index contributed by atoms with van der Waals surface area (Å²) in [6, 6.07) is -0.579. The van der Waals surface area contributed by atoms with Crippen LogP contribution in [0.2, 0.25) is 0 Å². The standard InChI is InChI=1S/C20H31NO5S/c1-12(17(22)15-9-6-10-16(15)19(24)25)11-27-20(26)13(2)21-18(23)14-7-4-3-5-8-14/h12-16H,3-11H2,1-2H3,(H,21,23)(H,24,25)/t12-,13+,15?,16-/m0/s1. The van der Waals surface area contributed by atoms with Gasteiger partial charge in [-0.15, -0.1) is 0 Å². The zero-order valence-electron chi connectivity index (χ0n) is 16.2. The SMILES string of the molecule is C[C@@H](CSC(=O)[C@@H](C)NC(=O)C1CCCCC1)C(=O)C1CCC[C@@H]1C(=O)O. The second kappa shape index (κ2) is 10.2. The number of aliphatic carboxylic acids is 1. The summed E-state index contributed by atoms with van der Waals surface area (Å²) in [5.41, 5.74) is 0. The van der Waals surface area contributed by atoms with Crippen molar-refractivity contribution in [2.45, 2.75) is 71.3 Å². The number of thioether (sulfide) groups is 1. The summed E-state index contributed by atoms with van der Waals surface area (Å²) >= 11 is 1.06. The maximum Gasteiger partial charge on any atom is 0.307 e. The van der Waals surface area contributed by atoms with Gasteiger partial charge in [-0.25, -0.2) is 0 Å². The molecule has 2 N–H and O–H groups in total. The fraction of sp³-hybridized carbons (Fsp3) is 0.800. The summed E-state index contributed by atoms with van der Waals surface area (Å²) < 4.78 is 0. The molecule has 2 rings (SSSR count). The molecule has 0 aromatic carbocycles. The molecule has 27 heavy (non-hydrogen) atoms. The van der Waals surface area contributed by atoms with Crippen molar-refractivity contribution in [3.63, 3.8) is 0 Å². The number of hydrogen-bond donors (Lipinski definition) is 2. The van der Waals surface area contributed by atoms with Crippen molar-refractivity contribution in [2.24, 2.45) is 23.7 Å². The predicted octanol–water partition coefficient (Wildman–Crippen LogP) is 3.04. The molecular weight excluding hydrogens is 366 g/mol. The van der Waals surface area contributed by atoms with Crippen LogP contribution in [-0.2, 0) is 19.2 Å². The number of hydrogen-bond acceptors (Lipinski definition) is 5. The summed E-state index contributed by atoms with van der Waals surface area (Å²) in [6.07, 6.45) is 7.00. The van der Waals surface area contributed by atoms with Crippen LogP contribution in [0.1, 0.15) is 65.2 Å². The van der Waals surface area contributed by atoms with Crippen molar-refractivity contribution in [1.82, 2.24) is 5.32 Å². The molecule has 0 aromatic rings. The smallest absolute Gasteiger partial charge is 0.307 e. The summed E-state index contributed by atoms with van der Waals surface area (Å²) in [7, 11) is 0. The lowest BCUT2D eigenvalue weighted by Crippen LogP contribution is -2.41. The number of Topliss-reactive ketones (excluding diaryl/α,β-unsaturated/α-hetero) is 1. The highest BCUT2D eigenvalue weighted by molar-refractivity contribution is 8.13. The zero-order valence-corrected chi connectivity index (χ0v) is 17.1. The number of carboxylic acids is 1. The first-order valence-electron chi connectivity index (χ1n) is 10.0. The molecule has 6 nitrogen and oxygen atoms in total. The van der Waals surface area contributed by atoms with Gasteiger partial charge in [-0.05, 0) is 32.6 Å². The molecule has 0 aromatic heterocycles. The fourth-order valence-corrected chi connectivity index (χ4v) is 5.02. The molecule has 2 fully saturated rings. The normalized spacial score (nSPS) is 25.6. The van der Waals surface area contributed by atoms with Gasteiger partial charge < -0.3 is 10.4 Å². The molecular formula is C20H31NO5S.